The van der Waals surface area contributed by atoms with Crippen LogP contribution in [0.3, 0.4) is 0 Å². The van der Waals surface area contributed by atoms with E-state index < -0.39 is 0 Å². The molecule has 0 saturated heterocycles. The predicted octanol–water partition coefficient (Wildman–Crippen LogP) is 8.55. The molecule has 4 aromatic carbocycles. The van der Waals surface area contributed by atoms with Crippen LogP contribution in [0.2, 0.25) is 0 Å². The molecule has 5 heteroatoms. The predicted molar refractivity (Wildman–Crippen MR) is 161 cm³/mol. The van der Waals surface area contributed by atoms with Gasteiger partial charge >= 0.3 is 0 Å². The van der Waals surface area contributed by atoms with Gasteiger partial charge < -0.3 is 9.80 Å². The van der Waals surface area contributed by atoms with Gasteiger partial charge in [0.1, 0.15) is 0 Å². The lowest BCUT2D eigenvalue weighted by Gasteiger charge is -2.39. The maximum absolute atomic E-state index is 5.04. The van der Waals surface area contributed by atoms with E-state index in [4.69, 9.17) is 9.97 Å². The molecule has 0 fully saturated rings. The number of pyridine rings is 3. The van der Waals surface area contributed by atoms with Crippen molar-refractivity contribution in [3.8, 4) is 11.1 Å². The van der Waals surface area contributed by atoms with Crippen LogP contribution < -0.4 is 9.80 Å². The van der Waals surface area contributed by atoms with Gasteiger partial charge in [-0.15, -0.1) is 0 Å². The van der Waals surface area contributed by atoms with E-state index in [2.05, 4.69) is 107 Å². The number of hydrogen-bond donors (Lipinski definition) is 0. The molecule has 3 aromatic heterocycles. The summed E-state index contributed by atoms with van der Waals surface area (Å²) in [6, 6.07) is 33.9. The fourth-order valence-electron chi connectivity index (χ4n) is 6.05. The van der Waals surface area contributed by atoms with Gasteiger partial charge in [-0.25, -0.2) is 0 Å². The number of aromatic nitrogens is 3. The van der Waals surface area contributed by atoms with Crippen LogP contribution >= 0.6 is 0 Å². The third-order valence-corrected chi connectivity index (χ3v) is 7.75. The number of hydrogen-bond acceptors (Lipinski definition) is 5. The number of anilines is 5. The lowest BCUT2D eigenvalue weighted by molar-refractivity contribution is 1.13. The highest BCUT2D eigenvalue weighted by atomic mass is 15.3. The lowest BCUT2D eigenvalue weighted by atomic mass is 9.92. The zero-order chi connectivity index (χ0) is 25.9. The SMILES string of the molecule is CN1c2ccccc2N(c2c3cccnc3c(-c3cccc4ccncc34)c3cccnc23)c2ccccc21. The molecule has 0 spiro atoms. The quantitative estimate of drug-likeness (QED) is 0.222. The van der Waals surface area contributed by atoms with Gasteiger partial charge in [0, 0.05) is 53.6 Å². The smallest absolute Gasteiger partial charge is 0.0956 e. The highest BCUT2D eigenvalue weighted by Gasteiger charge is 2.31. The molecule has 0 radical (unpaired) electrons. The van der Waals surface area contributed by atoms with Crippen LogP contribution in [0.15, 0.2) is 122 Å². The van der Waals surface area contributed by atoms with E-state index in [9.17, 15) is 0 Å². The molecule has 0 aliphatic carbocycles. The molecule has 5 nitrogen and oxygen atoms in total. The van der Waals surface area contributed by atoms with Crippen LogP contribution in [-0.4, -0.2) is 22.0 Å². The highest BCUT2D eigenvalue weighted by molar-refractivity contribution is 6.23. The van der Waals surface area contributed by atoms with Crippen molar-refractivity contribution in [2.45, 2.75) is 0 Å². The Bertz CT molecular complexity index is 1960. The molecule has 0 bridgehead atoms. The van der Waals surface area contributed by atoms with Gasteiger partial charge in [0.05, 0.1) is 39.5 Å². The molecular weight excluding hydrogens is 478 g/mol. The summed E-state index contributed by atoms with van der Waals surface area (Å²) in [6.45, 7) is 0. The summed E-state index contributed by atoms with van der Waals surface area (Å²) >= 11 is 0. The number of fused-ring (bicyclic) bond motifs is 5. The van der Waals surface area contributed by atoms with Crippen LogP contribution in [0.5, 0.6) is 0 Å². The summed E-state index contributed by atoms with van der Waals surface area (Å²) < 4.78 is 0. The van der Waals surface area contributed by atoms with E-state index in [-0.39, 0.29) is 0 Å². The second-order valence-electron chi connectivity index (χ2n) is 9.80. The molecule has 0 saturated carbocycles. The first kappa shape index (κ1) is 21.8. The van der Waals surface area contributed by atoms with Gasteiger partial charge in [0.25, 0.3) is 0 Å². The van der Waals surface area contributed by atoms with Crippen LogP contribution in [0.25, 0.3) is 43.7 Å². The summed E-state index contributed by atoms with van der Waals surface area (Å²) in [5.41, 5.74) is 9.59. The summed E-state index contributed by atoms with van der Waals surface area (Å²) in [6.07, 6.45) is 7.55. The third kappa shape index (κ3) is 3.10. The zero-order valence-electron chi connectivity index (χ0n) is 21.3. The summed E-state index contributed by atoms with van der Waals surface area (Å²) in [7, 11) is 2.13. The fraction of sp³-hybridized carbons (Fsp3) is 0.0294. The molecule has 0 atom stereocenters. The third-order valence-electron chi connectivity index (χ3n) is 7.75. The first-order valence-electron chi connectivity index (χ1n) is 13.0. The number of nitrogens with zero attached hydrogens (tertiary/aromatic N) is 5. The highest BCUT2D eigenvalue weighted by Crippen LogP contribution is 2.54. The van der Waals surface area contributed by atoms with Gasteiger partial charge in [-0.05, 0) is 59.5 Å². The average Bonchev–Trinajstić information content (AvgIpc) is 3.01. The molecule has 39 heavy (non-hydrogen) atoms. The van der Waals surface area contributed by atoms with Crippen molar-refractivity contribution in [3.05, 3.63) is 122 Å². The van der Waals surface area contributed by atoms with Crippen LogP contribution in [0, 0.1) is 0 Å². The number of para-hydroxylation sites is 4. The van der Waals surface area contributed by atoms with E-state index in [0.29, 0.717) is 0 Å². The summed E-state index contributed by atoms with van der Waals surface area (Å²) in [5, 5.41) is 4.35. The van der Waals surface area contributed by atoms with Crippen molar-refractivity contribution in [2.75, 3.05) is 16.8 Å². The first-order valence-corrected chi connectivity index (χ1v) is 13.0. The molecule has 1 aliphatic heterocycles. The zero-order valence-corrected chi connectivity index (χ0v) is 21.3. The van der Waals surface area contributed by atoms with Crippen molar-refractivity contribution in [2.24, 2.45) is 0 Å². The molecular formula is C34H23N5. The van der Waals surface area contributed by atoms with Crippen molar-refractivity contribution in [1.29, 1.82) is 0 Å². The van der Waals surface area contributed by atoms with Crippen LogP contribution in [0.1, 0.15) is 0 Å². The topological polar surface area (TPSA) is 45.2 Å². The second-order valence-corrected chi connectivity index (χ2v) is 9.80. The summed E-state index contributed by atoms with van der Waals surface area (Å²) in [5.74, 6) is 0. The fourth-order valence-corrected chi connectivity index (χ4v) is 6.05. The standard InChI is InChI=1S/C34H23N5/c1-38-27-13-2-4-15-29(27)39(30-16-5-3-14-28(30)38)34-25-12-8-18-36-32(25)31(24-11-7-19-37-33(24)34)23-10-6-9-22-17-20-35-21-26(22)23/h2-21H,1H3. The monoisotopic (exact) mass is 501 g/mol. The Kier molecular flexibility index (Phi) is 4.67. The molecule has 8 rings (SSSR count). The Morgan fingerprint density at radius 3 is 1.95 bits per heavy atom. The Labute approximate surface area is 225 Å². The normalized spacial score (nSPS) is 12.6. The Morgan fingerprint density at radius 1 is 0.538 bits per heavy atom. The van der Waals surface area contributed by atoms with Crippen molar-refractivity contribution in [1.82, 2.24) is 15.0 Å². The van der Waals surface area contributed by atoms with E-state index in [0.717, 1.165) is 72.1 Å². The van der Waals surface area contributed by atoms with Gasteiger partial charge in [0.15, 0.2) is 0 Å². The van der Waals surface area contributed by atoms with Gasteiger partial charge in [-0.1, -0.05) is 48.5 Å². The minimum Gasteiger partial charge on any atom is -0.341 e. The minimum atomic E-state index is 0.933. The Morgan fingerprint density at radius 2 is 1.21 bits per heavy atom. The van der Waals surface area contributed by atoms with E-state index >= 15 is 0 Å². The number of rotatable bonds is 2. The lowest BCUT2D eigenvalue weighted by Crippen LogP contribution is -2.24. The number of benzene rings is 4. The van der Waals surface area contributed by atoms with E-state index in [1.54, 1.807) is 0 Å². The maximum atomic E-state index is 5.04. The largest absolute Gasteiger partial charge is 0.341 e. The van der Waals surface area contributed by atoms with Crippen LogP contribution in [0.4, 0.5) is 28.4 Å². The molecule has 0 unspecified atom stereocenters. The maximum Gasteiger partial charge on any atom is 0.0956 e. The molecule has 4 heterocycles. The Hall–Kier alpha value is -5.29. The minimum absolute atomic E-state index is 0.933. The molecule has 0 N–H and O–H groups in total. The average molecular weight is 502 g/mol. The first-order chi connectivity index (χ1) is 19.3. The van der Waals surface area contributed by atoms with Crippen molar-refractivity contribution in [3.63, 3.8) is 0 Å². The molecule has 184 valence electrons. The molecule has 7 aromatic rings. The van der Waals surface area contributed by atoms with Crippen LogP contribution in [-0.2, 0) is 0 Å². The van der Waals surface area contributed by atoms with Crippen molar-refractivity contribution >= 4 is 61.0 Å². The molecule has 1 aliphatic rings. The summed E-state index contributed by atoms with van der Waals surface area (Å²) in [4.78, 5) is 19.1. The van der Waals surface area contributed by atoms with E-state index in [1.807, 2.05) is 36.9 Å². The van der Waals surface area contributed by atoms with Gasteiger partial charge in [0.2, 0.25) is 0 Å². The van der Waals surface area contributed by atoms with Gasteiger partial charge in [-0.3, -0.25) is 15.0 Å². The Balaban J connectivity index is 1.55. The molecule has 0 amide bonds. The van der Waals surface area contributed by atoms with E-state index in [1.165, 1.54) is 0 Å². The van der Waals surface area contributed by atoms with Gasteiger partial charge in [-0.2, -0.15) is 0 Å². The van der Waals surface area contributed by atoms with Crippen molar-refractivity contribution < 1.29 is 0 Å². The second kappa shape index (κ2) is 8.36.